The molecular weight excluding hydrogens is 254 g/mol. The maximum absolute atomic E-state index is 11.9. The number of hydrogen-bond acceptors (Lipinski definition) is 3. The lowest BCUT2D eigenvalue weighted by atomic mass is 9.84. The molecule has 1 aliphatic carbocycles. The van der Waals surface area contributed by atoms with E-state index in [1.165, 1.54) is 0 Å². The first kappa shape index (κ1) is 14.4. The van der Waals surface area contributed by atoms with Gasteiger partial charge in [0.2, 0.25) is 11.8 Å². The summed E-state index contributed by atoms with van der Waals surface area (Å²) in [6.45, 7) is 0.200. The maximum Gasteiger partial charge on any atom is 0.239 e. The van der Waals surface area contributed by atoms with Crippen LogP contribution in [0.2, 0.25) is 0 Å². The SMILES string of the molecule is NC(=O)C1CCCCC1NC(=O)CNc1ccccc1. The number of primary amides is 1. The van der Waals surface area contributed by atoms with Gasteiger partial charge in [-0.15, -0.1) is 0 Å². The second-order valence-electron chi connectivity index (χ2n) is 5.19. The van der Waals surface area contributed by atoms with Gasteiger partial charge in [0.05, 0.1) is 12.5 Å². The Morgan fingerprint density at radius 3 is 2.55 bits per heavy atom. The molecule has 1 aliphatic rings. The smallest absolute Gasteiger partial charge is 0.239 e. The highest BCUT2D eigenvalue weighted by Crippen LogP contribution is 2.24. The third-order valence-corrected chi connectivity index (χ3v) is 3.70. The van der Waals surface area contributed by atoms with Crippen LogP contribution in [0.3, 0.4) is 0 Å². The van der Waals surface area contributed by atoms with E-state index >= 15 is 0 Å². The van der Waals surface area contributed by atoms with Gasteiger partial charge in [-0.25, -0.2) is 0 Å². The van der Waals surface area contributed by atoms with Crippen molar-refractivity contribution < 1.29 is 9.59 Å². The van der Waals surface area contributed by atoms with Gasteiger partial charge in [0.1, 0.15) is 0 Å². The molecule has 5 nitrogen and oxygen atoms in total. The molecule has 0 radical (unpaired) electrons. The van der Waals surface area contributed by atoms with Crippen molar-refractivity contribution in [1.29, 1.82) is 0 Å². The van der Waals surface area contributed by atoms with Crippen molar-refractivity contribution in [2.45, 2.75) is 31.7 Å². The summed E-state index contributed by atoms with van der Waals surface area (Å²) >= 11 is 0. The summed E-state index contributed by atoms with van der Waals surface area (Å²) in [5.41, 5.74) is 6.29. The first-order valence-corrected chi connectivity index (χ1v) is 7.04. The molecule has 2 amide bonds. The van der Waals surface area contributed by atoms with Crippen molar-refractivity contribution in [3.8, 4) is 0 Å². The molecule has 0 bridgehead atoms. The number of hydrogen-bond donors (Lipinski definition) is 3. The molecule has 1 aromatic carbocycles. The van der Waals surface area contributed by atoms with E-state index in [1.54, 1.807) is 0 Å². The lowest BCUT2D eigenvalue weighted by molar-refractivity contribution is -0.125. The van der Waals surface area contributed by atoms with Crippen LogP contribution in [-0.2, 0) is 9.59 Å². The van der Waals surface area contributed by atoms with Crippen molar-refractivity contribution in [2.75, 3.05) is 11.9 Å². The quantitative estimate of drug-likeness (QED) is 0.756. The minimum absolute atomic E-state index is 0.105. The molecular formula is C15H21N3O2. The number of benzene rings is 1. The standard InChI is InChI=1S/C15H21N3O2/c16-15(20)12-8-4-5-9-13(12)18-14(19)10-17-11-6-2-1-3-7-11/h1-3,6-7,12-13,17H,4-5,8-10H2,(H2,16,20)(H,18,19). The summed E-state index contributed by atoms with van der Waals surface area (Å²) in [5.74, 6) is -0.651. The Kier molecular flexibility index (Phi) is 4.98. The number of para-hydroxylation sites is 1. The number of carbonyl (C=O) groups excluding carboxylic acids is 2. The molecule has 0 aromatic heterocycles. The Hall–Kier alpha value is -2.04. The van der Waals surface area contributed by atoms with E-state index in [0.717, 1.165) is 31.4 Å². The second-order valence-corrected chi connectivity index (χ2v) is 5.19. The van der Waals surface area contributed by atoms with Crippen LogP contribution in [0.5, 0.6) is 0 Å². The average molecular weight is 275 g/mol. The van der Waals surface area contributed by atoms with Crippen LogP contribution in [0.15, 0.2) is 30.3 Å². The van der Waals surface area contributed by atoms with Gasteiger partial charge in [-0.1, -0.05) is 31.0 Å². The van der Waals surface area contributed by atoms with Gasteiger partial charge >= 0.3 is 0 Å². The van der Waals surface area contributed by atoms with E-state index < -0.39 is 0 Å². The average Bonchev–Trinajstić information content (AvgIpc) is 2.46. The molecule has 0 spiro atoms. The number of carbonyl (C=O) groups is 2. The van der Waals surface area contributed by atoms with Gasteiger partial charge < -0.3 is 16.4 Å². The van der Waals surface area contributed by atoms with Crippen LogP contribution in [0.25, 0.3) is 0 Å². The molecule has 1 aromatic rings. The third-order valence-electron chi connectivity index (χ3n) is 3.70. The minimum Gasteiger partial charge on any atom is -0.376 e. The van der Waals surface area contributed by atoms with Crippen molar-refractivity contribution in [3.63, 3.8) is 0 Å². The number of nitrogens with two attached hydrogens (primary N) is 1. The molecule has 0 aliphatic heterocycles. The van der Waals surface area contributed by atoms with E-state index in [4.69, 9.17) is 5.73 Å². The fourth-order valence-electron chi connectivity index (χ4n) is 2.64. The van der Waals surface area contributed by atoms with Crippen molar-refractivity contribution in [3.05, 3.63) is 30.3 Å². The van der Waals surface area contributed by atoms with Crippen LogP contribution in [0.1, 0.15) is 25.7 Å². The normalized spacial score (nSPS) is 22.0. The lowest BCUT2D eigenvalue weighted by Crippen LogP contribution is -2.48. The number of amides is 2. The van der Waals surface area contributed by atoms with Crippen LogP contribution >= 0.6 is 0 Å². The van der Waals surface area contributed by atoms with Crippen molar-refractivity contribution in [2.24, 2.45) is 11.7 Å². The summed E-state index contributed by atoms with van der Waals surface area (Å²) in [4.78, 5) is 23.3. The zero-order valence-corrected chi connectivity index (χ0v) is 11.5. The van der Waals surface area contributed by atoms with E-state index in [0.29, 0.717) is 0 Å². The largest absolute Gasteiger partial charge is 0.376 e. The van der Waals surface area contributed by atoms with Crippen LogP contribution in [0, 0.1) is 5.92 Å². The van der Waals surface area contributed by atoms with Gasteiger partial charge in [0.15, 0.2) is 0 Å². The summed E-state index contributed by atoms with van der Waals surface area (Å²) in [5, 5.41) is 5.97. The van der Waals surface area contributed by atoms with Crippen LogP contribution in [-0.4, -0.2) is 24.4 Å². The summed E-state index contributed by atoms with van der Waals surface area (Å²) in [6.07, 6.45) is 3.63. The summed E-state index contributed by atoms with van der Waals surface area (Å²) < 4.78 is 0. The minimum atomic E-state index is -0.314. The van der Waals surface area contributed by atoms with Gasteiger partial charge in [-0.2, -0.15) is 0 Å². The summed E-state index contributed by atoms with van der Waals surface area (Å²) in [6, 6.07) is 9.42. The number of rotatable bonds is 5. The zero-order valence-electron chi connectivity index (χ0n) is 11.5. The number of nitrogens with one attached hydrogen (secondary N) is 2. The van der Waals surface area contributed by atoms with E-state index in [2.05, 4.69) is 10.6 Å². The first-order chi connectivity index (χ1) is 9.66. The van der Waals surface area contributed by atoms with Crippen molar-refractivity contribution in [1.82, 2.24) is 5.32 Å². The monoisotopic (exact) mass is 275 g/mol. The molecule has 0 heterocycles. The predicted octanol–water partition coefficient (Wildman–Crippen LogP) is 1.26. The third kappa shape index (κ3) is 3.98. The highest BCUT2D eigenvalue weighted by atomic mass is 16.2. The molecule has 4 N–H and O–H groups in total. The second kappa shape index (κ2) is 6.93. The van der Waals surface area contributed by atoms with E-state index in [-0.39, 0.29) is 30.3 Å². The Balaban J connectivity index is 1.82. The number of anilines is 1. The fourth-order valence-corrected chi connectivity index (χ4v) is 2.64. The van der Waals surface area contributed by atoms with Crippen LogP contribution in [0.4, 0.5) is 5.69 Å². The van der Waals surface area contributed by atoms with Gasteiger partial charge in [-0.05, 0) is 25.0 Å². The molecule has 2 unspecified atom stereocenters. The molecule has 108 valence electrons. The molecule has 1 fully saturated rings. The molecule has 0 saturated heterocycles. The van der Waals surface area contributed by atoms with Gasteiger partial charge in [0, 0.05) is 11.7 Å². The maximum atomic E-state index is 11.9. The molecule has 5 heteroatoms. The topological polar surface area (TPSA) is 84.2 Å². The van der Waals surface area contributed by atoms with Gasteiger partial charge in [0.25, 0.3) is 0 Å². The molecule has 20 heavy (non-hydrogen) atoms. The molecule has 2 atom stereocenters. The Labute approximate surface area is 118 Å². The predicted molar refractivity (Wildman–Crippen MR) is 78.0 cm³/mol. The van der Waals surface area contributed by atoms with Crippen LogP contribution < -0.4 is 16.4 Å². The van der Waals surface area contributed by atoms with Gasteiger partial charge in [-0.3, -0.25) is 9.59 Å². The Morgan fingerprint density at radius 2 is 1.85 bits per heavy atom. The highest BCUT2D eigenvalue weighted by molar-refractivity contribution is 5.83. The fraction of sp³-hybridized carbons (Fsp3) is 0.467. The Morgan fingerprint density at radius 1 is 1.15 bits per heavy atom. The first-order valence-electron chi connectivity index (χ1n) is 7.04. The Bertz CT molecular complexity index is 461. The molecule has 1 saturated carbocycles. The lowest BCUT2D eigenvalue weighted by Gasteiger charge is -2.30. The van der Waals surface area contributed by atoms with E-state index in [9.17, 15) is 9.59 Å². The van der Waals surface area contributed by atoms with E-state index in [1.807, 2.05) is 30.3 Å². The highest BCUT2D eigenvalue weighted by Gasteiger charge is 2.30. The zero-order chi connectivity index (χ0) is 14.4. The molecule has 2 rings (SSSR count). The van der Waals surface area contributed by atoms with Crippen molar-refractivity contribution >= 4 is 17.5 Å². The summed E-state index contributed by atoms with van der Waals surface area (Å²) in [7, 11) is 0.